The largest absolute Gasteiger partial charge is 0.460 e. The molecule has 0 saturated carbocycles. The molecule has 1 aromatic carbocycles. The van der Waals surface area contributed by atoms with E-state index in [1.165, 1.54) is 6.92 Å². The highest BCUT2D eigenvalue weighted by Crippen LogP contribution is 2.08. The van der Waals surface area contributed by atoms with E-state index in [4.69, 9.17) is 4.74 Å². The van der Waals surface area contributed by atoms with Crippen LogP contribution in [0.3, 0.4) is 0 Å². The van der Waals surface area contributed by atoms with Crippen LogP contribution in [-0.4, -0.2) is 29.8 Å². The first-order valence-corrected chi connectivity index (χ1v) is 6.80. The number of Topliss-reactive ketones (excluding diaryl/α,β-unsaturated/α-hetero) is 1. The maximum Gasteiger partial charge on any atom is 0.308 e. The first-order chi connectivity index (χ1) is 9.69. The monoisotopic (exact) mass is 291 g/mol. The van der Waals surface area contributed by atoms with Crippen LogP contribution in [0.25, 0.3) is 0 Å². The van der Waals surface area contributed by atoms with E-state index in [0.717, 1.165) is 0 Å². The number of hydrogen-bond acceptors (Lipinski definition) is 4. The van der Waals surface area contributed by atoms with Gasteiger partial charge in [0.25, 0.3) is 5.91 Å². The highest BCUT2D eigenvalue weighted by molar-refractivity contribution is 5.97. The fourth-order valence-corrected chi connectivity index (χ4v) is 1.63. The summed E-state index contributed by atoms with van der Waals surface area (Å²) in [5.41, 5.74) is 0.480. The van der Waals surface area contributed by atoms with E-state index in [2.05, 4.69) is 5.32 Å². The predicted molar refractivity (Wildman–Crippen MR) is 79.2 cm³/mol. The van der Waals surface area contributed by atoms with E-state index in [-0.39, 0.29) is 30.6 Å². The molecule has 1 aromatic rings. The molecule has 0 fully saturated rings. The van der Waals surface area contributed by atoms with E-state index in [1.54, 1.807) is 45.0 Å². The van der Waals surface area contributed by atoms with E-state index in [9.17, 15) is 14.4 Å². The van der Waals surface area contributed by atoms with Gasteiger partial charge in [-0.25, -0.2) is 0 Å². The molecule has 0 aromatic heterocycles. The molecule has 0 saturated heterocycles. The molecular weight excluding hydrogens is 270 g/mol. The maximum absolute atomic E-state index is 11.8. The molecule has 0 atom stereocenters. The van der Waals surface area contributed by atoms with Crippen molar-refractivity contribution in [2.24, 2.45) is 0 Å². The van der Waals surface area contributed by atoms with Crippen LogP contribution in [0.1, 0.15) is 54.8 Å². The molecule has 5 heteroatoms. The maximum atomic E-state index is 11.8. The van der Waals surface area contributed by atoms with Gasteiger partial charge in [0.15, 0.2) is 5.78 Å². The van der Waals surface area contributed by atoms with Crippen molar-refractivity contribution in [3.8, 4) is 0 Å². The van der Waals surface area contributed by atoms with Gasteiger partial charge in [0, 0.05) is 17.7 Å². The zero-order valence-corrected chi connectivity index (χ0v) is 12.9. The lowest BCUT2D eigenvalue weighted by molar-refractivity contribution is -0.154. The average molecular weight is 291 g/mol. The van der Waals surface area contributed by atoms with E-state index >= 15 is 0 Å². The number of carbonyl (C=O) groups is 3. The molecule has 5 nitrogen and oxygen atoms in total. The summed E-state index contributed by atoms with van der Waals surface area (Å²) < 4.78 is 5.14. The Kier molecular flexibility index (Phi) is 5.64. The Labute approximate surface area is 124 Å². The first-order valence-electron chi connectivity index (χ1n) is 6.80. The summed E-state index contributed by atoms with van der Waals surface area (Å²) >= 11 is 0. The van der Waals surface area contributed by atoms with Crippen LogP contribution in [0.15, 0.2) is 24.3 Å². The minimum Gasteiger partial charge on any atom is -0.460 e. The number of ether oxygens (including phenoxy) is 1. The number of carbonyl (C=O) groups excluding carboxylic acids is 3. The molecule has 0 radical (unpaired) electrons. The Morgan fingerprint density at radius 2 is 1.57 bits per heavy atom. The number of hydrogen-bond donors (Lipinski definition) is 1. The van der Waals surface area contributed by atoms with E-state index in [0.29, 0.717) is 11.1 Å². The summed E-state index contributed by atoms with van der Waals surface area (Å²) in [6.07, 6.45) is 0.120. The fourth-order valence-electron chi connectivity index (χ4n) is 1.63. The van der Waals surface area contributed by atoms with Gasteiger partial charge in [-0.2, -0.15) is 0 Å². The third-order valence-electron chi connectivity index (χ3n) is 2.59. The molecule has 0 aliphatic heterocycles. The van der Waals surface area contributed by atoms with Gasteiger partial charge in [0.1, 0.15) is 5.60 Å². The zero-order chi connectivity index (χ0) is 16.0. The average Bonchev–Trinajstić information content (AvgIpc) is 2.36. The van der Waals surface area contributed by atoms with Crippen molar-refractivity contribution in [2.75, 3.05) is 6.54 Å². The van der Waals surface area contributed by atoms with Crippen LogP contribution in [0.5, 0.6) is 0 Å². The Bertz CT molecular complexity index is 526. The van der Waals surface area contributed by atoms with Crippen molar-refractivity contribution in [3.63, 3.8) is 0 Å². The topological polar surface area (TPSA) is 72.5 Å². The lowest BCUT2D eigenvalue weighted by atomic mass is 10.1. The SMILES string of the molecule is CC(=O)c1ccc(C(=O)NCCC(=O)OC(C)(C)C)cc1. The molecule has 0 heterocycles. The molecule has 21 heavy (non-hydrogen) atoms. The summed E-state index contributed by atoms with van der Waals surface area (Å²) in [6, 6.07) is 6.37. The van der Waals surface area contributed by atoms with Crippen LogP contribution in [0, 0.1) is 0 Å². The summed E-state index contributed by atoms with van der Waals surface area (Å²) in [6.45, 7) is 7.05. The lowest BCUT2D eigenvalue weighted by Crippen LogP contribution is -2.29. The number of nitrogens with one attached hydrogen (secondary N) is 1. The van der Waals surface area contributed by atoms with Gasteiger partial charge in [0.2, 0.25) is 0 Å². The van der Waals surface area contributed by atoms with Crippen molar-refractivity contribution < 1.29 is 19.1 Å². The molecule has 0 aliphatic rings. The molecule has 0 unspecified atom stereocenters. The summed E-state index contributed by atoms with van der Waals surface area (Å²) in [5, 5.41) is 2.64. The van der Waals surface area contributed by atoms with Crippen molar-refractivity contribution in [3.05, 3.63) is 35.4 Å². The second-order valence-corrected chi connectivity index (χ2v) is 5.73. The van der Waals surface area contributed by atoms with Crippen molar-refractivity contribution in [2.45, 2.75) is 39.7 Å². The normalized spacial score (nSPS) is 10.9. The molecule has 0 spiro atoms. The van der Waals surface area contributed by atoms with Crippen LogP contribution in [0.2, 0.25) is 0 Å². The molecule has 1 N–H and O–H groups in total. The second-order valence-electron chi connectivity index (χ2n) is 5.73. The quantitative estimate of drug-likeness (QED) is 0.667. The van der Waals surface area contributed by atoms with Gasteiger partial charge in [-0.05, 0) is 39.8 Å². The summed E-state index contributed by atoms with van der Waals surface area (Å²) in [5.74, 6) is -0.685. The highest BCUT2D eigenvalue weighted by Gasteiger charge is 2.16. The lowest BCUT2D eigenvalue weighted by Gasteiger charge is -2.19. The van der Waals surface area contributed by atoms with Crippen LogP contribution in [0.4, 0.5) is 0 Å². The van der Waals surface area contributed by atoms with Gasteiger partial charge in [-0.3, -0.25) is 14.4 Å². The van der Waals surface area contributed by atoms with Crippen molar-refractivity contribution in [1.82, 2.24) is 5.32 Å². The van der Waals surface area contributed by atoms with Gasteiger partial charge in [-0.1, -0.05) is 12.1 Å². The number of benzene rings is 1. The number of esters is 1. The molecule has 1 amide bonds. The van der Waals surface area contributed by atoms with Crippen LogP contribution >= 0.6 is 0 Å². The molecule has 0 bridgehead atoms. The summed E-state index contributed by atoms with van der Waals surface area (Å²) in [7, 11) is 0. The fraction of sp³-hybridized carbons (Fsp3) is 0.438. The Morgan fingerprint density at radius 1 is 1.05 bits per heavy atom. The number of rotatable bonds is 5. The molecular formula is C16H21NO4. The standard InChI is InChI=1S/C16H21NO4/c1-11(18)12-5-7-13(8-6-12)15(20)17-10-9-14(19)21-16(2,3)4/h5-8H,9-10H2,1-4H3,(H,17,20). The van der Waals surface area contributed by atoms with Crippen LogP contribution < -0.4 is 5.32 Å². The van der Waals surface area contributed by atoms with Gasteiger partial charge in [-0.15, -0.1) is 0 Å². The molecule has 114 valence electrons. The predicted octanol–water partition coefficient (Wildman–Crippen LogP) is 2.35. The van der Waals surface area contributed by atoms with Crippen LogP contribution in [-0.2, 0) is 9.53 Å². The first kappa shape index (κ1) is 16.9. The Morgan fingerprint density at radius 3 is 2.05 bits per heavy atom. The van der Waals surface area contributed by atoms with Gasteiger partial charge >= 0.3 is 5.97 Å². The third-order valence-corrected chi connectivity index (χ3v) is 2.59. The third kappa shape index (κ3) is 6.21. The molecule has 1 rings (SSSR count). The smallest absolute Gasteiger partial charge is 0.308 e. The van der Waals surface area contributed by atoms with E-state index < -0.39 is 5.60 Å². The highest BCUT2D eigenvalue weighted by atomic mass is 16.6. The zero-order valence-electron chi connectivity index (χ0n) is 12.9. The number of ketones is 1. The van der Waals surface area contributed by atoms with E-state index in [1.807, 2.05) is 0 Å². The summed E-state index contributed by atoms with van der Waals surface area (Å²) in [4.78, 5) is 34.5. The van der Waals surface area contributed by atoms with Gasteiger partial charge < -0.3 is 10.1 Å². The minimum atomic E-state index is -0.524. The number of amides is 1. The Balaban J connectivity index is 2.44. The van der Waals surface area contributed by atoms with Crippen molar-refractivity contribution >= 4 is 17.7 Å². The Hall–Kier alpha value is -2.17. The minimum absolute atomic E-state index is 0.0492. The second kappa shape index (κ2) is 7.02. The van der Waals surface area contributed by atoms with Crippen molar-refractivity contribution in [1.29, 1.82) is 0 Å². The molecule has 0 aliphatic carbocycles. The van der Waals surface area contributed by atoms with Gasteiger partial charge in [0.05, 0.1) is 6.42 Å².